The second-order valence-corrected chi connectivity index (χ2v) is 4.72. The van der Waals surface area contributed by atoms with Crippen molar-refractivity contribution in [1.29, 1.82) is 0 Å². The molecule has 20 heavy (non-hydrogen) atoms. The summed E-state index contributed by atoms with van der Waals surface area (Å²) >= 11 is 0. The van der Waals surface area contributed by atoms with E-state index in [1.54, 1.807) is 0 Å². The number of nitro benzene ring substituents is 1. The molecule has 4 N–H and O–H groups in total. The molecule has 1 fully saturated rings. The molecule has 0 unspecified atom stereocenters. The van der Waals surface area contributed by atoms with Gasteiger partial charge in [-0.2, -0.15) is 0 Å². The van der Waals surface area contributed by atoms with Gasteiger partial charge in [-0.05, 0) is 31.4 Å². The van der Waals surface area contributed by atoms with Crippen molar-refractivity contribution in [2.45, 2.75) is 24.8 Å². The third-order valence-corrected chi connectivity index (χ3v) is 3.47. The largest absolute Gasteiger partial charge is 0.480 e. The first kappa shape index (κ1) is 13.8. The van der Waals surface area contributed by atoms with Gasteiger partial charge >= 0.3 is 5.97 Å². The molecule has 0 saturated heterocycles. The monoisotopic (exact) mass is 279 g/mol. The van der Waals surface area contributed by atoms with Crippen molar-refractivity contribution in [3.63, 3.8) is 0 Å². The molecular formula is C12H13N3O5. The summed E-state index contributed by atoms with van der Waals surface area (Å²) in [7, 11) is 0. The molecule has 0 heterocycles. The predicted octanol–water partition coefficient (Wildman–Crippen LogP) is 1.11. The standard InChI is InChI=1S/C12H13N3O5/c13-10(16)7-2-3-9(15(19)20)8(6-7)14-12(11(17)18)4-1-5-12/h2-3,6,14H,1,4-5H2,(H2,13,16)(H,17,18). The van der Waals surface area contributed by atoms with E-state index in [1.165, 1.54) is 12.1 Å². The van der Waals surface area contributed by atoms with Gasteiger partial charge in [0, 0.05) is 11.6 Å². The molecule has 2 rings (SSSR count). The summed E-state index contributed by atoms with van der Waals surface area (Å²) in [5, 5.41) is 22.9. The summed E-state index contributed by atoms with van der Waals surface area (Å²) in [4.78, 5) is 32.7. The molecule has 0 atom stereocenters. The highest BCUT2D eigenvalue weighted by Gasteiger charge is 2.45. The number of carbonyl (C=O) groups is 2. The van der Waals surface area contributed by atoms with Gasteiger partial charge in [-0.15, -0.1) is 0 Å². The molecule has 0 bridgehead atoms. The number of carboxylic acid groups (broad SMARTS) is 1. The summed E-state index contributed by atoms with van der Waals surface area (Å²) < 4.78 is 0. The first-order valence-electron chi connectivity index (χ1n) is 5.95. The molecule has 1 aromatic rings. The highest BCUT2D eigenvalue weighted by atomic mass is 16.6. The van der Waals surface area contributed by atoms with Crippen LogP contribution in [0.15, 0.2) is 18.2 Å². The Balaban J connectivity index is 2.42. The number of anilines is 1. The molecule has 0 aliphatic heterocycles. The molecular weight excluding hydrogens is 266 g/mol. The van der Waals surface area contributed by atoms with Crippen LogP contribution >= 0.6 is 0 Å². The van der Waals surface area contributed by atoms with Crippen molar-refractivity contribution in [3.05, 3.63) is 33.9 Å². The SMILES string of the molecule is NC(=O)c1ccc([N+](=O)[O-])c(NC2(C(=O)O)CCC2)c1. The summed E-state index contributed by atoms with van der Waals surface area (Å²) in [6, 6.07) is 3.58. The lowest BCUT2D eigenvalue weighted by Gasteiger charge is -2.38. The van der Waals surface area contributed by atoms with Crippen molar-refractivity contribution in [3.8, 4) is 0 Å². The van der Waals surface area contributed by atoms with Crippen LogP contribution in [0.2, 0.25) is 0 Å². The van der Waals surface area contributed by atoms with E-state index >= 15 is 0 Å². The number of nitrogens with two attached hydrogens (primary N) is 1. The normalized spacial score (nSPS) is 16.0. The minimum absolute atomic E-state index is 0.00611. The van der Waals surface area contributed by atoms with Crippen molar-refractivity contribution in [2.75, 3.05) is 5.32 Å². The number of hydrogen-bond donors (Lipinski definition) is 3. The number of aliphatic carboxylic acids is 1. The number of amides is 1. The third kappa shape index (κ3) is 2.27. The van der Waals surface area contributed by atoms with Gasteiger partial charge < -0.3 is 16.2 Å². The van der Waals surface area contributed by atoms with Crippen LogP contribution < -0.4 is 11.1 Å². The molecule has 8 nitrogen and oxygen atoms in total. The molecule has 1 amide bonds. The molecule has 1 saturated carbocycles. The number of nitrogens with zero attached hydrogens (tertiary/aromatic N) is 1. The Morgan fingerprint density at radius 2 is 2.05 bits per heavy atom. The van der Waals surface area contributed by atoms with Crippen LogP contribution in [0.1, 0.15) is 29.6 Å². The lowest BCUT2D eigenvalue weighted by atomic mass is 9.76. The Morgan fingerprint density at radius 3 is 2.45 bits per heavy atom. The number of benzene rings is 1. The minimum atomic E-state index is -1.21. The zero-order valence-electron chi connectivity index (χ0n) is 10.5. The van der Waals surface area contributed by atoms with Crippen LogP contribution in [0, 0.1) is 10.1 Å². The fourth-order valence-electron chi connectivity index (χ4n) is 2.13. The van der Waals surface area contributed by atoms with E-state index in [1.807, 2.05) is 0 Å². The number of nitrogens with one attached hydrogen (secondary N) is 1. The van der Waals surface area contributed by atoms with Gasteiger partial charge in [-0.1, -0.05) is 0 Å². The van der Waals surface area contributed by atoms with Crippen LogP contribution in [0.4, 0.5) is 11.4 Å². The molecule has 1 aromatic carbocycles. The van der Waals surface area contributed by atoms with E-state index in [0.29, 0.717) is 12.8 Å². The van der Waals surface area contributed by atoms with Crippen molar-refractivity contribution < 1.29 is 19.6 Å². The van der Waals surface area contributed by atoms with Gasteiger partial charge in [0.15, 0.2) is 0 Å². The highest BCUT2D eigenvalue weighted by Crippen LogP contribution is 2.38. The first-order valence-corrected chi connectivity index (χ1v) is 5.95. The number of carbonyl (C=O) groups excluding carboxylic acids is 1. The van der Waals surface area contributed by atoms with Gasteiger partial charge in [-0.3, -0.25) is 14.9 Å². The number of primary amides is 1. The second-order valence-electron chi connectivity index (χ2n) is 4.72. The van der Waals surface area contributed by atoms with Gasteiger partial charge in [0.25, 0.3) is 5.69 Å². The van der Waals surface area contributed by atoms with Crippen molar-refractivity contribution >= 4 is 23.3 Å². The van der Waals surface area contributed by atoms with Gasteiger partial charge in [0.2, 0.25) is 5.91 Å². The summed E-state index contributed by atoms with van der Waals surface area (Å²) in [6.45, 7) is 0. The van der Waals surface area contributed by atoms with Gasteiger partial charge in [0.1, 0.15) is 11.2 Å². The third-order valence-electron chi connectivity index (χ3n) is 3.47. The van der Waals surface area contributed by atoms with E-state index < -0.39 is 22.3 Å². The lowest BCUT2D eigenvalue weighted by Crippen LogP contribution is -2.52. The van der Waals surface area contributed by atoms with Gasteiger partial charge in [0.05, 0.1) is 4.92 Å². The maximum Gasteiger partial charge on any atom is 0.329 e. The Morgan fingerprint density at radius 1 is 1.40 bits per heavy atom. The molecule has 0 aromatic heterocycles. The number of rotatable bonds is 5. The van der Waals surface area contributed by atoms with E-state index in [4.69, 9.17) is 5.73 Å². The zero-order valence-corrected chi connectivity index (χ0v) is 10.5. The average molecular weight is 279 g/mol. The maximum atomic E-state index is 11.3. The van der Waals surface area contributed by atoms with E-state index in [0.717, 1.165) is 12.5 Å². The molecule has 1 aliphatic rings. The number of carboxylic acids is 1. The van der Waals surface area contributed by atoms with Crippen LogP contribution in [0.3, 0.4) is 0 Å². The lowest BCUT2D eigenvalue weighted by molar-refractivity contribution is -0.384. The second kappa shape index (κ2) is 4.80. The predicted molar refractivity (Wildman–Crippen MR) is 69.5 cm³/mol. The van der Waals surface area contributed by atoms with Crippen LogP contribution in [0.5, 0.6) is 0 Å². The van der Waals surface area contributed by atoms with Crippen LogP contribution in [0.25, 0.3) is 0 Å². The topological polar surface area (TPSA) is 136 Å². The van der Waals surface area contributed by atoms with Crippen LogP contribution in [-0.2, 0) is 4.79 Å². The molecule has 1 aliphatic carbocycles. The summed E-state index contributed by atoms with van der Waals surface area (Å²) in [6.07, 6.45) is 1.48. The van der Waals surface area contributed by atoms with Crippen molar-refractivity contribution in [1.82, 2.24) is 0 Å². The molecule has 0 spiro atoms. The van der Waals surface area contributed by atoms with E-state index in [2.05, 4.69) is 5.32 Å². The fourth-order valence-corrected chi connectivity index (χ4v) is 2.13. The number of hydrogen-bond acceptors (Lipinski definition) is 5. The van der Waals surface area contributed by atoms with Gasteiger partial charge in [-0.25, -0.2) is 4.79 Å². The Labute approximate surface area is 113 Å². The molecule has 0 radical (unpaired) electrons. The average Bonchev–Trinajstić information content (AvgIpc) is 2.32. The first-order chi connectivity index (χ1) is 9.35. The fraction of sp³-hybridized carbons (Fsp3) is 0.333. The highest BCUT2D eigenvalue weighted by molar-refractivity contribution is 5.95. The quantitative estimate of drug-likeness (QED) is 0.545. The zero-order chi connectivity index (χ0) is 14.9. The minimum Gasteiger partial charge on any atom is -0.480 e. The van der Waals surface area contributed by atoms with E-state index in [-0.39, 0.29) is 16.9 Å². The van der Waals surface area contributed by atoms with Crippen molar-refractivity contribution in [2.24, 2.45) is 5.73 Å². The smallest absolute Gasteiger partial charge is 0.329 e. The number of nitro groups is 1. The summed E-state index contributed by atoms with van der Waals surface area (Å²) in [5.74, 6) is -1.80. The Bertz CT molecular complexity index is 595. The van der Waals surface area contributed by atoms with Crippen LogP contribution in [-0.4, -0.2) is 27.4 Å². The Hall–Kier alpha value is -2.64. The molecule has 8 heteroatoms. The summed E-state index contributed by atoms with van der Waals surface area (Å²) in [5.41, 5.74) is 3.70. The van der Waals surface area contributed by atoms with E-state index in [9.17, 15) is 24.8 Å². The maximum absolute atomic E-state index is 11.3. The molecule has 106 valence electrons. The Kier molecular flexibility index (Phi) is 3.31.